The number of amides is 1. The van der Waals surface area contributed by atoms with Gasteiger partial charge in [-0.05, 0) is 34.4 Å². The van der Waals surface area contributed by atoms with E-state index in [0.717, 1.165) is 22.3 Å². The highest BCUT2D eigenvalue weighted by Gasteiger charge is 2.39. The standard InChI is InChI=1S/C31H28ClNO3/c1-36-30(35)28(21-23-17-19-27(32)20-18-23)33-29(34)22-31(24-11-5-2-6-12-24,25-13-7-3-8-14-25)26-15-9-4-10-16-26/h2-20,28H,21-22H2,1H3,(H,33,34)/t28-/m1/s1. The fraction of sp³-hybridized carbons (Fsp3) is 0.161. The minimum absolute atomic E-state index is 0.110. The number of nitrogens with one attached hydrogen (secondary N) is 1. The lowest BCUT2D eigenvalue weighted by molar-refractivity contribution is -0.145. The summed E-state index contributed by atoms with van der Waals surface area (Å²) in [6, 6.07) is 36.4. The van der Waals surface area contributed by atoms with Gasteiger partial charge < -0.3 is 10.1 Å². The molecule has 0 aliphatic carbocycles. The van der Waals surface area contributed by atoms with Crippen molar-refractivity contribution >= 4 is 23.5 Å². The van der Waals surface area contributed by atoms with E-state index in [4.69, 9.17) is 16.3 Å². The van der Waals surface area contributed by atoms with Crippen LogP contribution in [0.25, 0.3) is 0 Å². The van der Waals surface area contributed by atoms with Crippen LogP contribution in [0.2, 0.25) is 5.02 Å². The van der Waals surface area contributed by atoms with E-state index in [1.807, 2.05) is 103 Å². The molecule has 5 heteroatoms. The molecule has 1 atom stereocenters. The van der Waals surface area contributed by atoms with Gasteiger partial charge in [-0.3, -0.25) is 4.79 Å². The molecule has 0 unspecified atom stereocenters. The monoisotopic (exact) mass is 497 g/mol. The molecule has 0 spiro atoms. The molecule has 0 fully saturated rings. The van der Waals surface area contributed by atoms with E-state index in [1.54, 1.807) is 12.1 Å². The lowest BCUT2D eigenvalue weighted by Crippen LogP contribution is -2.46. The van der Waals surface area contributed by atoms with E-state index in [-0.39, 0.29) is 12.3 Å². The zero-order chi connectivity index (χ0) is 25.4. The minimum Gasteiger partial charge on any atom is -0.467 e. The van der Waals surface area contributed by atoms with Gasteiger partial charge in [-0.15, -0.1) is 0 Å². The number of esters is 1. The van der Waals surface area contributed by atoms with Gasteiger partial charge in [-0.2, -0.15) is 0 Å². The van der Waals surface area contributed by atoms with Crippen molar-refractivity contribution in [3.8, 4) is 0 Å². The number of carbonyl (C=O) groups is 2. The molecule has 0 saturated carbocycles. The third-order valence-corrected chi connectivity index (χ3v) is 6.65. The quantitative estimate of drug-likeness (QED) is 0.229. The van der Waals surface area contributed by atoms with Gasteiger partial charge in [-0.1, -0.05) is 115 Å². The fourth-order valence-corrected chi connectivity index (χ4v) is 4.78. The van der Waals surface area contributed by atoms with Crippen molar-refractivity contribution in [2.45, 2.75) is 24.3 Å². The number of ether oxygens (including phenoxy) is 1. The summed E-state index contributed by atoms with van der Waals surface area (Å²) in [5.41, 5.74) is 3.09. The minimum atomic E-state index is -0.830. The smallest absolute Gasteiger partial charge is 0.328 e. The van der Waals surface area contributed by atoms with E-state index < -0.39 is 17.4 Å². The van der Waals surface area contributed by atoms with Crippen molar-refractivity contribution < 1.29 is 14.3 Å². The van der Waals surface area contributed by atoms with Gasteiger partial charge in [0.2, 0.25) is 5.91 Å². The van der Waals surface area contributed by atoms with Gasteiger partial charge in [0.05, 0.1) is 12.5 Å². The molecule has 4 nitrogen and oxygen atoms in total. The number of halogens is 1. The van der Waals surface area contributed by atoms with E-state index in [2.05, 4.69) is 5.32 Å². The predicted molar refractivity (Wildman–Crippen MR) is 143 cm³/mol. The molecule has 0 saturated heterocycles. The largest absolute Gasteiger partial charge is 0.467 e. The molecule has 0 bridgehead atoms. The molecule has 4 aromatic rings. The Morgan fingerprint density at radius 2 is 1.19 bits per heavy atom. The van der Waals surface area contributed by atoms with Crippen molar-refractivity contribution in [1.82, 2.24) is 5.32 Å². The Morgan fingerprint density at radius 1 is 0.750 bits per heavy atom. The predicted octanol–water partition coefficient (Wildman–Crippen LogP) is 5.97. The number of hydrogen-bond acceptors (Lipinski definition) is 3. The van der Waals surface area contributed by atoms with E-state index >= 15 is 0 Å². The van der Waals surface area contributed by atoms with Crippen molar-refractivity contribution in [3.63, 3.8) is 0 Å². The van der Waals surface area contributed by atoms with Crippen LogP contribution in [-0.4, -0.2) is 25.0 Å². The van der Waals surface area contributed by atoms with Gasteiger partial charge in [-0.25, -0.2) is 4.79 Å². The summed E-state index contributed by atoms with van der Waals surface area (Å²) >= 11 is 6.01. The van der Waals surface area contributed by atoms with Crippen molar-refractivity contribution in [2.75, 3.05) is 7.11 Å². The van der Waals surface area contributed by atoms with Crippen LogP contribution < -0.4 is 5.32 Å². The van der Waals surface area contributed by atoms with Crippen LogP contribution in [0.4, 0.5) is 0 Å². The van der Waals surface area contributed by atoms with Gasteiger partial charge in [0, 0.05) is 17.9 Å². The molecular formula is C31H28ClNO3. The zero-order valence-electron chi connectivity index (χ0n) is 20.1. The summed E-state index contributed by atoms with van der Waals surface area (Å²) in [6.07, 6.45) is 0.406. The van der Waals surface area contributed by atoms with Gasteiger partial charge in [0.25, 0.3) is 0 Å². The zero-order valence-corrected chi connectivity index (χ0v) is 20.8. The highest BCUT2D eigenvalue weighted by Crippen LogP contribution is 2.42. The number of rotatable bonds is 9. The summed E-state index contributed by atoms with van der Waals surface area (Å²) in [4.78, 5) is 26.3. The molecule has 0 aliphatic rings. The summed E-state index contributed by atoms with van der Waals surface area (Å²) in [5, 5.41) is 3.56. The van der Waals surface area contributed by atoms with Gasteiger partial charge in [0.15, 0.2) is 0 Å². The Balaban J connectivity index is 1.73. The van der Waals surface area contributed by atoms with Crippen LogP contribution in [0.5, 0.6) is 0 Å². The second kappa shape index (κ2) is 11.7. The number of hydrogen-bond donors (Lipinski definition) is 1. The van der Waals surface area contributed by atoms with Crippen molar-refractivity contribution in [1.29, 1.82) is 0 Å². The maximum absolute atomic E-state index is 13.7. The first-order valence-electron chi connectivity index (χ1n) is 11.8. The Hall–Kier alpha value is -3.89. The van der Waals surface area contributed by atoms with Crippen LogP contribution in [0, 0.1) is 0 Å². The Kier molecular flexibility index (Phi) is 8.19. The molecule has 0 radical (unpaired) electrons. The Labute approximate surface area is 216 Å². The Bertz CT molecular complexity index is 1180. The molecule has 4 aromatic carbocycles. The van der Waals surface area contributed by atoms with Gasteiger partial charge >= 0.3 is 5.97 Å². The molecule has 182 valence electrons. The normalized spacial score (nSPS) is 11.9. The first-order valence-corrected chi connectivity index (χ1v) is 12.2. The van der Waals surface area contributed by atoms with Crippen molar-refractivity contribution in [3.05, 3.63) is 143 Å². The SMILES string of the molecule is COC(=O)[C@@H](Cc1ccc(Cl)cc1)NC(=O)CC(c1ccccc1)(c1ccccc1)c1ccccc1. The molecule has 1 N–H and O–H groups in total. The van der Waals surface area contributed by atoms with E-state index in [9.17, 15) is 9.59 Å². The molecular weight excluding hydrogens is 470 g/mol. The number of benzene rings is 4. The highest BCUT2D eigenvalue weighted by molar-refractivity contribution is 6.30. The summed E-state index contributed by atoms with van der Waals surface area (Å²) < 4.78 is 5.01. The van der Waals surface area contributed by atoms with Crippen LogP contribution in [-0.2, 0) is 26.2 Å². The second-order valence-electron chi connectivity index (χ2n) is 8.65. The molecule has 0 heterocycles. The second-order valence-corrected chi connectivity index (χ2v) is 9.09. The third-order valence-electron chi connectivity index (χ3n) is 6.40. The molecule has 1 amide bonds. The molecule has 36 heavy (non-hydrogen) atoms. The molecule has 4 rings (SSSR count). The van der Waals surface area contributed by atoms with E-state index in [0.29, 0.717) is 11.4 Å². The lowest BCUT2D eigenvalue weighted by atomic mass is 9.67. The highest BCUT2D eigenvalue weighted by atomic mass is 35.5. The summed E-state index contributed by atoms with van der Waals surface area (Å²) in [6.45, 7) is 0. The molecule has 0 aromatic heterocycles. The lowest BCUT2D eigenvalue weighted by Gasteiger charge is -2.36. The number of carbonyl (C=O) groups excluding carboxylic acids is 2. The van der Waals surface area contributed by atoms with E-state index in [1.165, 1.54) is 7.11 Å². The summed E-state index contributed by atoms with van der Waals surface area (Å²) in [7, 11) is 1.32. The van der Waals surface area contributed by atoms with Crippen LogP contribution in [0.3, 0.4) is 0 Å². The molecule has 0 aliphatic heterocycles. The third kappa shape index (κ3) is 5.67. The van der Waals surface area contributed by atoms with Gasteiger partial charge in [0.1, 0.15) is 6.04 Å². The Morgan fingerprint density at radius 3 is 1.61 bits per heavy atom. The first kappa shape index (κ1) is 25.2. The average Bonchev–Trinajstić information content (AvgIpc) is 2.93. The van der Waals surface area contributed by atoms with Crippen LogP contribution in [0.1, 0.15) is 28.7 Å². The topological polar surface area (TPSA) is 55.4 Å². The average molecular weight is 498 g/mol. The van der Waals surface area contributed by atoms with Crippen molar-refractivity contribution in [2.24, 2.45) is 0 Å². The fourth-order valence-electron chi connectivity index (χ4n) is 4.65. The number of methoxy groups -OCH3 is 1. The van der Waals surface area contributed by atoms with Crippen LogP contribution in [0.15, 0.2) is 115 Å². The summed E-state index contributed by atoms with van der Waals surface area (Å²) in [5.74, 6) is -0.751. The van der Waals surface area contributed by atoms with Crippen LogP contribution >= 0.6 is 11.6 Å². The maximum atomic E-state index is 13.7. The maximum Gasteiger partial charge on any atom is 0.328 e. The first-order chi connectivity index (χ1) is 17.5.